The van der Waals surface area contributed by atoms with Crippen LogP contribution in [0.3, 0.4) is 0 Å². The quantitative estimate of drug-likeness (QED) is 0.450. The van der Waals surface area contributed by atoms with E-state index in [1.807, 2.05) is 47.9 Å². The van der Waals surface area contributed by atoms with Crippen LogP contribution in [-0.4, -0.2) is 36.6 Å². The molecule has 0 saturated carbocycles. The molecule has 0 fully saturated rings. The highest BCUT2D eigenvalue weighted by molar-refractivity contribution is 6.30. The molecule has 0 aliphatic carbocycles. The van der Waals surface area contributed by atoms with E-state index >= 15 is 0 Å². The van der Waals surface area contributed by atoms with Gasteiger partial charge in [0.15, 0.2) is 5.82 Å². The number of halogens is 1. The minimum Gasteiger partial charge on any atom is -0.370 e. The van der Waals surface area contributed by atoms with E-state index < -0.39 is 0 Å². The molecule has 2 aromatic carbocycles. The Bertz CT molecular complexity index is 1340. The summed E-state index contributed by atoms with van der Waals surface area (Å²) in [7, 11) is 0. The maximum Gasteiger partial charge on any atom is 0.217 e. The van der Waals surface area contributed by atoms with E-state index in [0.29, 0.717) is 24.3 Å². The Morgan fingerprint density at radius 1 is 1.12 bits per heavy atom. The van der Waals surface area contributed by atoms with Crippen molar-refractivity contribution in [1.82, 2.24) is 25.0 Å². The molecule has 33 heavy (non-hydrogen) atoms. The molecule has 1 aliphatic heterocycles. The number of fused-ring (bicyclic) bond motifs is 3. The summed E-state index contributed by atoms with van der Waals surface area (Å²) in [5.41, 5.74) is 10.9. The fraction of sp³-hybridized carbons (Fsp3) is 0.208. The molecule has 0 unspecified atom stereocenters. The summed E-state index contributed by atoms with van der Waals surface area (Å²) in [6.07, 6.45) is 3.26. The van der Waals surface area contributed by atoms with Crippen LogP contribution in [0.15, 0.2) is 59.7 Å². The fourth-order valence-electron chi connectivity index (χ4n) is 4.18. The lowest BCUT2D eigenvalue weighted by molar-refractivity contribution is -0.118. The second-order valence-corrected chi connectivity index (χ2v) is 8.44. The zero-order valence-corrected chi connectivity index (χ0v) is 18.8. The molecule has 3 N–H and O–H groups in total. The zero-order valence-electron chi connectivity index (χ0n) is 18.0. The van der Waals surface area contributed by atoms with Crippen molar-refractivity contribution < 1.29 is 4.79 Å². The maximum absolute atomic E-state index is 11.3. The molecule has 9 heteroatoms. The lowest BCUT2D eigenvalue weighted by Gasteiger charge is -2.14. The standard InChI is InChI=1S/C24H22ClN7O/c1-14-29-31-24-20(3-2-4-22(26)33)28-23(15-5-8-17(25)9-6-15)18-13-16(19-11-12-27-30-19)7-10-21(18)32(14)24/h5-13,20H,2-4H2,1H3,(H2,26,33)(H,27,30)/t20-/m0/s1. The molecule has 0 spiro atoms. The van der Waals surface area contributed by atoms with Gasteiger partial charge in [0.05, 0.1) is 17.1 Å². The molecule has 1 aliphatic rings. The summed E-state index contributed by atoms with van der Waals surface area (Å²) in [6, 6.07) is 15.5. The summed E-state index contributed by atoms with van der Waals surface area (Å²) in [6.45, 7) is 1.93. The largest absolute Gasteiger partial charge is 0.370 e. The van der Waals surface area contributed by atoms with Gasteiger partial charge in [0.25, 0.3) is 0 Å². The third kappa shape index (κ3) is 4.05. The normalized spacial score (nSPS) is 14.8. The number of nitrogens with two attached hydrogens (primary N) is 1. The first kappa shape index (κ1) is 21.1. The smallest absolute Gasteiger partial charge is 0.217 e. The number of H-pyrrole nitrogens is 1. The maximum atomic E-state index is 11.3. The van der Waals surface area contributed by atoms with Gasteiger partial charge >= 0.3 is 0 Å². The Hall–Kier alpha value is -3.78. The number of carbonyl (C=O) groups excluding carboxylic acids is 1. The topological polar surface area (TPSA) is 115 Å². The van der Waals surface area contributed by atoms with Crippen LogP contribution in [0.2, 0.25) is 5.02 Å². The van der Waals surface area contributed by atoms with Crippen LogP contribution in [-0.2, 0) is 4.79 Å². The van der Waals surface area contributed by atoms with Crippen LogP contribution in [0.25, 0.3) is 16.9 Å². The fourth-order valence-corrected chi connectivity index (χ4v) is 4.31. The number of hydrogen-bond donors (Lipinski definition) is 2. The van der Waals surface area contributed by atoms with Gasteiger partial charge in [-0.05, 0) is 50.1 Å². The lowest BCUT2D eigenvalue weighted by Crippen LogP contribution is -2.11. The van der Waals surface area contributed by atoms with Crippen LogP contribution < -0.4 is 5.73 Å². The predicted octanol–water partition coefficient (Wildman–Crippen LogP) is 4.17. The molecule has 0 radical (unpaired) electrons. The van der Waals surface area contributed by atoms with Crippen LogP contribution in [0.1, 0.15) is 48.1 Å². The first-order chi connectivity index (χ1) is 16.0. The molecule has 0 saturated heterocycles. The second-order valence-electron chi connectivity index (χ2n) is 8.00. The molecule has 8 nitrogen and oxygen atoms in total. The Labute approximate surface area is 195 Å². The Kier molecular flexibility index (Phi) is 5.51. The molecule has 5 rings (SSSR count). The molecule has 166 valence electrons. The summed E-state index contributed by atoms with van der Waals surface area (Å²) in [5, 5.41) is 16.6. The molecule has 1 amide bonds. The van der Waals surface area contributed by atoms with Crippen LogP contribution in [0.4, 0.5) is 0 Å². The number of aromatic amines is 1. The van der Waals surface area contributed by atoms with Crippen molar-refractivity contribution in [2.24, 2.45) is 10.7 Å². The van der Waals surface area contributed by atoms with Gasteiger partial charge in [0.2, 0.25) is 5.91 Å². The molecular formula is C24H22ClN7O. The van der Waals surface area contributed by atoms with E-state index in [1.165, 1.54) is 0 Å². The predicted molar refractivity (Wildman–Crippen MR) is 127 cm³/mol. The highest BCUT2D eigenvalue weighted by atomic mass is 35.5. The first-order valence-corrected chi connectivity index (χ1v) is 11.1. The van der Waals surface area contributed by atoms with Crippen molar-refractivity contribution in [2.45, 2.75) is 32.2 Å². The third-order valence-electron chi connectivity index (χ3n) is 5.76. The number of primary amides is 1. The monoisotopic (exact) mass is 459 g/mol. The SMILES string of the molecule is Cc1nnc2n1-c1ccc(-c3ccn[nH]3)cc1C(c1ccc(Cl)cc1)=N[C@H]2CCCC(N)=O. The van der Waals surface area contributed by atoms with Crippen molar-refractivity contribution in [3.63, 3.8) is 0 Å². The minimum atomic E-state index is -0.323. The van der Waals surface area contributed by atoms with E-state index in [0.717, 1.165) is 45.4 Å². The van der Waals surface area contributed by atoms with E-state index in [1.54, 1.807) is 6.20 Å². The van der Waals surface area contributed by atoms with Crippen molar-refractivity contribution in [3.8, 4) is 16.9 Å². The number of nitrogens with one attached hydrogen (secondary N) is 1. The number of aryl methyl sites for hydroxylation is 1. The van der Waals surface area contributed by atoms with Crippen molar-refractivity contribution >= 4 is 23.2 Å². The Balaban J connectivity index is 1.71. The zero-order chi connectivity index (χ0) is 22.9. The number of aromatic nitrogens is 5. The van der Waals surface area contributed by atoms with E-state index in [-0.39, 0.29) is 11.9 Å². The Morgan fingerprint density at radius 3 is 2.64 bits per heavy atom. The summed E-state index contributed by atoms with van der Waals surface area (Å²) < 4.78 is 2.05. The third-order valence-corrected chi connectivity index (χ3v) is 6.01. The van der Waals surface area contributed by atoms with Crippen LogP contribution in [0.5, 0.6) is 0 Å². The van der Waals surface area contributed by atoms with E-state index in [2.05, 4.69) is 32.5 Å². The summed E-state index contributed by atoms with van der Waals surface area (Å²) in [5.74, 6) is 1.19. The number of amides is 1. The van der Waals surface area contributed by atoms with Gasteiger partial charge in [-0.15, -0.1) is 10.2 Å². The van der Waals surface area contributed by atoms with E-state index in [9.17, 15) is 4.79 Å². The van der Waals surface area contributed by atoms with Crippen molar-refractivity contribution in [2.75, 3.05) is 0 Å². The molecule has 1 atom stereocenters. The number of aliphatic imine (C=N–C) groups is 1. The molecule has 3 heterocycles. The first-order valence-electron chi connectivity index (χ1n) is 10.7. The van der Waals surface area contributed by atoms with Gasteiger partial charge in [-0.25, -0.2) is 0 Å². The highest BCUT2D eigenvalue weighted by Gasteiger charge is 2.28. The summed E-state index contributed by atoms with van der Waals surface area (Å²) >= 11 is 6.16. The molecule has 2 aromatic heterocycles. The van der Waals surface area contributed by atoms with Gasteiger partial charge in [0, 0.05) is 34.3 Å². The van der Waals surface area contributed by atoms with Gasteiger partial charge in [-0.1, -0.05) is 29.8 Å². The number of hydrogen-bond acceptors (Lipinski definition) is 5. The number of rotatable bonds is 6. The van der Waals surface area contributed by atoms with Crippen molar-refractivity contribution in [1.29, 1.82) is 0 Å². The second kappa shape index (κ2) is 8.63. The van der Waals surface area contributed by atoms with Crippen LogP contribution >= 0.6 is 11.6 Å². The molecule has 4 aromatic rings. The van der Waals surface area contributed by atoms with E-state index in [4.69, 9.17) is 22.3 Å². The molecular weight excluding hydrogens is 438 g/mol. The van der Waals surface area contributed by atoms with Gasteiger partial charge in [0.1, 0.15) is 11.9 Å². The molecule has 0 bridgehead atoms. The minimum absolute atomic E-state index is 0.278. The average molecular weight is 460 g/mol. The lowest BCUT2D eigenvalue weighted by atomic mass is 9.97. The van der Waals surface area contributed by atoms with Crippen molar-refractivity contribution in [3.05, 3.63) is 82.5 Å². The number of benzene rings is 2. The number of carbonyl (C=O) groups is 1. The van der Waals surface area contributed by atoms with Gasteiger partial charge in [-0.2, -0.15) is 5.10 Å². The number of nitrogens with zero attached hydrogens (tertiary/aromatic N) is 5. The average Bonchev–Trinajstić information content (AvgIpc) is 3.44. The van der Waals surface area contributed by atoms with Gasteiger partial charge in [-0.3, -0.25) is 19.5 Å². The highest BCUT2D eigenvalue weighted by Crippen LogP contribution is 2.35. The summed E-state index contributed by atoms with van der Waals surface area (Å²) in [4.78, 5) is 16.5. The van der Waals surface area contributed by atoms with Crippen LogP contribution in [0, 0.1) is 6.92 Å². The Morgan fingerprint density at radius 2 is 1.91 bits per heavy atom. The van der Waals surface area contributed by atoms with Gasteiger partial charge < -0.3 is 5.73 Å².